The van der Waals surface area contributed by atoms with Gasteiger partial charge in [-0.3, -0.25) is 9.59 Å². The summed E-state index contributed by atoms with van der Waals surface area (Å²) in [5, 5.41) is 2.74. The number of hydrogen-bond acceptors (Lipinski definition) is 5. The largest absolute Gasteiger partial charge is 0.497 e. The summed E-state index contributed by atoms with van der Waals surface area (Å²) in [5.41, 5.74) is 14.0. The van der Waals surface area contributed by atoms with Crippen LogP contribution in [0.4, 0.5) is 17.1 Å². The monoisotopic (exact) mass is 361 g/mol. The van der Waals surface area contributed by atoms with Gasteiger partial charge in [-0.2, -0.15) is 0 Å². The molecule has 0 fully saturated rings. The lowest BCUT2D eigenvalue weighted by Gasteiger charge is -2.13. The fourth-order valence-corrected chi connectivity index (χ4v) is 2.66. The SMILES string of the molecule is COc1ccc(C(=O)Nc2c(N)cccc2C(=O)c2cccc(N)c2)cc1. The van der Waals surface area contributed by atoms with E-state index in [1.165, 1.54) is 0 Å². The minimum absolute atomic E-state index is 0.269. The highest BCUT2D eigenvalue weighted by molar-refractivity contribution is 6.17. The number of benzene rings is 3. The van der Waals surface area contributed by atoms with E-state index in [0.29, 0.717) is 33.8 Å². The smallest absolute Gasteiger partial charge is 0.255 e. The van der Waals surface area contributed by atoms with Crippen molar-refractivity contribution in [3.63, 3.8) is 0 Å². The quantitative estimate of drug-likeness (QED) is 0.477. The molecule has 0 saturated carbocycles. The van der Waals surface area contributed by atoms with Crippen LogP contribution in [0.15, 0.2) is 66.7 Å². The van der Waals surface area contributed by atoms with Crippen molar-refractivity contribution in [1.82, 2.24) is 0 Å². The fraction of sp³-hybridized carbons (Fsp3) is 0.0476. The van der Waals surface area contributed by atoms with E-state index in [0.717, 1.165) is 0 Å². The summed E-state index contributed by atoms with van der Waals surface area (Å²) in [5.74, 6) is -0.0138. The highest BCUT2D eigenvalue weighted by Crippen LogP contribution is 2.27. The normalized spacial score (nSPS) is 10.3. The zero-order chi connectivity index (χ0) is 19.4. The first-order valence-electron chi connectivity index (χ1n) is 8.23. The fourth-order valence-electron chi connectivity index (χ4n) is 2.66. The number of rotatable bonds is 5. The second-order valence-corrected chi connectivity index (χ2v) is 5.91. The second-order valence-electron chi connectivity index (χ2n) is 5.91. The minimum Gasteiger partial charge on any atom is -0.497 e. The van der Waals surface area contributed by atoms with Crippen LogP contribution >= 0.6 is 0 Å². The summed E-state index contributed by atoms with van der Waals surface area (Å²) in [6.45, 7) is 0. The maximum atomic E-state index is 12.9. The molecule has 3 aromatic carbocycles. The number of para-hydroxylation sites is 1. The predicted molar refractivity (Wildman–Crippen MR) is 106 cm³/mol. The zero-order valence-corrected chi connectivity index (χ0v) is 14.7. The van der Waals surface area contributed by atoms with Crippen molar-refractivity contribution in [2.75, 3.05) is 23.9 Å². The molecule has 0 aliphatic rings. The molecule has 27 heavy (non-hydrogen) atoms. The number of ketones is 1. The van der Waals surface area contributed by atoms with Crippen LogP contribution in [0, 0.1) is 0 Å². The van der Waals surface area contributed by atoms with E-state index in [2.05, 4.69) is 5.32 Å². The molecule has 3 rings (SSSR count). The number of nitrogen functional groups attached to an aromatic ring is 2. The molecule has 0 aliphatic carbocycles. The Hall–Kier alpha value is -3.80. The summed E-state index contributed by atoms with van der Waals surface area (Å²) in [6, 6.07) is 18.2. The number of carbonyl (C=O) groups excluding carboxylic acids is 2. The van der Waals surface area contributed by atoms with Gasteiger partial charge in [0, 0.05) is 22.4 Å². The average molecular weight is 361 g/mol. The van der Waals surface area contributed by atoms with Crippen LogP contribution in [-0.4, -0.2) is 18.8 Å². The number of nitrogens with one attached hydrogen (secondary N) is 1. The van der Waals surface area contributed by atoms with Gasteiger partial charge in [-0.1, -0.05) is 18.2 Å². The Morgan fingerprint density at radius 1 is 0.889 bits per heavy atom. The third kappa shape index (κ3) is 3.90. The molecule has 6 heteroatoms. The van der Waals surface area contributed by atoms with Gasteiger partial charge in [0.05, 0.1) is 18.5 Å². The molecule has 6 nitrogen and oxygen atoms in total. The standard InChI is InChI=1S/C21H19N3O3/c1-27-16-10-8-13(9-11-16)21(26)24-19-17(6-3-7-18(19)23)20(25)14-4-2-5-15(22)12-14/h2-12H,22-23H2,1H3,(H,24,26). The van der Waals surface area contributed by atoms with Crippen molar-refractivity contribution in [2.24, 2.45) is 0 Å². The molecule has 1 amide bonds. The maximum Gasteiger partial charge on any atom is 0.255 e. The van der Waals surface area contributed by atoms with Gasteiger partial charge in [0.25, 0.3) is 5.91 Å². The van der Waals surface area contributed by atoms with Gasteiger partial charge in [0.2, 0.25) is 0 Å². The second kappa shape index (κ2) is 7.61. The van der Waals surface area contributed by atoms with Crippen molar-refractivity contribution in [3.05, 3.63) is 83.4 Å². The van der Waals surface area contributed by atoms with Crippen LogP contribution in [0.25, 0.3) is 0 Å². The molecule has 0 saturated heterocycles. The lowest BCUT2D eigenvalue weighted by molar-refractivity contribution is 0.102. The topological polar surface area (TPSA) is 107 Å². The molecule has 3 aromatic rings. The van der Waals surface area contributed by atoms with Crippen LogP contribution in [0.2, 0.25) is 0 Å². The van der Waals surface area contributed by atoms with E-state index in [9.17, 15) is 9.59 Å². The number of nitrogens with two attached hydrogens (primary N) is 2. The molecule has 5 N–H and O–H groups in total. The number of anilines is 3. The molecule has 136 valence electrons. The van der Waals surface area contributed by atoms with Crippen LogP contribution in [0.1, 0.15) is 26.3 Å². The molecule has 0 bridgehead atoms. The Morgan fingerprint density at radius 2 is 1.59 bits per heavy atom. The summed E-state index contributed by atoms with van der Waals surface area (Å²) in [6.07, 6.45) is 0. The van der Waals surface area contributed by atoms with E-state index in [-0.39, 0.29) is 17.4 Å². The number of methoxy groups -OCH3 is 1. The van der Waals surface area contributed by atoms with Gasteiger partial charge in [0.1, 0.15) is 5.75 Å². The van der Waals surface area contributed by atoms with Crippen molar-refractivity contribution in [3.8, 4) is 5.75 Å². The van der Waals surface area contributed by atoms with E-state index >= 15 is 0 Å². The Bertz CT molecular complexity index is 998. The summed E-state index contributed by atoms with van der Waals surface area (Å²) in [4.78, 5) is 25.5. The molecule has 0 heterocycles. The van der Waals surface area contributed by atoms with Crippen LogP contribution < -0.4 is 21.5 Å². The lowest BCUT2D eigenvalue weighted by atomic mass is 10.00. The first-order chi connectivity index (χ1) is 13.0. The van der Waals surface area contributed by atoms with E-state index in [1.54, 1.807) is 73.8 Å². The van der Waals surface area contributed by atoms with E-state index in [1.807, 2.05) is 0 Å². The van der Waals surface area contributed by atoms with Crippen molar-refractivity contribution < 1.29 is 14.3 Å². The maximum absolute atomic E-state index is 12.9. The van der Waals surface area contributed by atoms with Crippen molar-refractivity contribution in [1.29, 1.82) is 0 Å². The van der Waals surface area contributed by atoms with Gasteiger partial charge in [-0.05, 0) is 48.5 Å². The Labute approximate surface area is 156 Å². The van der Waals surface area contributed by atoms with Gasteiger partial charge in [-0.15, -0.1) is 0 Å². The molecule has 0 unspecified atom stereocenters. The molecular formula is C21H19N3O3. The molecule has 0 atom stereocenters. The predicted octanol–water partition coefficient (Wildman–Crippen LogP) is 3.34. The minimum atomic E-state index is -0.378. The van der Waals surface area contributed by atoms with E-state index in [4.69, 9.17) is 16.2 Å². The van der Waals surface area contributed by atoms with Gasteiger partial charge in [-0.25, -0.2) is 0 Å². The highest BCUT2D eigenvalue weighted by atomic mass is 16.5. The number of amides is 1. The van der Waals surface area contributed by atoms with Crippen LogP contribution in [0.3, 0.4) is 0 Å². The first-order valence-corrected chi connectivity index (χ1v) is 8.23. The molecule has 0 aliphatic heterocycles. The molecular weight excluding hydrogens is 342 g/mol. The summed E-state index contributed by atoms with van der Waals surface area (Å²) >= 11 is 0. The average Bonchev–Trinajstić information content (AvgIpc) is 2.69. The van der Waals surface area contributed by atoms with Crippen molar-refractivity contribution >= 4 is 28.8 Å². The molecule has 0 aromatic heterocycles. The summed E-state index contributed by atoms with van der Waals surface area (Å²) < 4.78 is 5.09. The highest BCUT2D eigenvalue weighted by Gasteiger charge is 2.18. The third-order valence-corrected chi connectivity index (χ3v) is 4.08. The Kier molecular flexibility index (Phi) is 5.08. The number of hydrogen-bond donors (Lipinski definition) is 3. The molecule has 0 spiro atoms. The van der Waals surface area contributed by atoms with Gasteiger partial charge >= 0.3 is 0 Å². The van der Waals surface area contributed by atoms with Crippen LogP contribution in [0.5, 0.6) is 5.75 Å². The summed E-state index contributed by atoms with van der Waals surface area (Å²) in [7, 11) is 1.55. The Balaban J connectivity index is 1.93. The van der Waals surface area contributed by atoms with Crippen molar-refractivity contribution in [2.45, 2.75) is 0 Å². The van der Waals surface area contributed by atoms with Gasteiger partial charge < -0.3 is 21.5 Å². The van der Waals surface area contributed by atoms with Crippen LogP contribution in [-0.2, 0) is 0 Å². The van der Waals surface area contributed by atoms with E-state index < -0.39 is 0 Å². The lowest BCUT2D eigenvalue weighted by Crippen LogP contribution is -2.16. The molecule has 0 radical (unpaired) electrons. The number of ether oxygens (including phenoxy) is 1. The Morgan fingerprint density at radius 3 is 2.26 bits per heavy atom. The zero-order valence-electron chi connectivity index (χ0n) is 14.7. The van der Waals surface area contributed by atoms with Gasteiger partial charge in [0.15, 0.2) is 5.78 Å². The first kappa shape index (κ1) is 18.0. The third-order valence-electron chi connectivity index (χ3n) is 4.08. The number of carbonyl (C=O) groups is 2.